The summed E-state index contributed by atoms with van der Waals surface area (Å²) in [5, 5.41) is 18.2. The first-order valence-corrected chi connectivity index (χ1v) is 5.83. The monoisotopic (exact) mass is 306 g/mol. The summed E-state index contributed by atoms with van der Waals surface area (Å²) in [6, 6.07) is 8.14. The molecule has 2 nitrogen and oxygen atoms in total. The minimum absolute atomic E-state index is 0.156. The van der Waals surface area contributed by atoms with Crippen LogP contribution < -0.4 is 0 Å². The van der Waals surface area contributed by atoms with Crippen LogP contribution in [0.25, 0.3) is 0 Å². The molecule has 3 heteroatoms. The van der Waals surface area contributed by atoms with Gasteiger partial charge < -0.3 is 10.2 Å². The average molecular weight is 306 g/mol. The fraction of sp³-hybridized carbons (Fsp3) is 0.455. The molecule has 1 unspecified atom stereocenters. The lowest BCUT2D eigenvalue weighted by Crippen LogP contribution is -2.10. The van der Waals surface area contributed by atoms with Gasteiger partial charge >= 0.3 is 0 Å². The Kier molecular flexibility index (Phi) is 5.44. The molecule has 0 bridgehead atoms. The molecule has 0 aromatic heterocycles. The van der Waals surface area contributed by atoms with E-state index in [9.17, 15) is 5.11 Å². The molecule has 14 heavy (non-hydrogen) atoms. The number of hydrogen-bond acceptors (Lipinski definition) is 2. The molecular formula is C11H15IO2. The van der Waals surface area contributed by atoms with E-state index in [2.05, 4.69) is 22.6 Å². The van der Waals surface area contributed by atoms with Crippen LogP contribution in [0.1, 0.15) is 18.4 Å². The highest BCUT2D eigenvalue weighted by Gasteiger charge is 2.04. The Morgan fingerprint density at radius 3 is 2.43 bits per heavy atom. The molecule has 1 aromatic rings. The number of rotatable bonds is 5. The molecule has 1 atom stereocenters. The van der Waals surface area contributed by atoms with Gasteiger partial charge in [0, 0.05) is 10.2 Å². The van der Waals surface area contributed by atoms with Crippen molar-refractivity contribution in [2.45, 2.75) is 25.4 Å². The summed E-state index contributed by atoms with van der Waals surface area (Å²) in [5.74, 6) is 0. The van der Waals surface area contributed by atoms with Crippen molar-refractivity contribution in [1.82, 2.24) is 0 Å². The van der Waals surface area contributed by atoms with E-state index in [1.54, 1.807) is 0 Å². The zero-order valence-corrected chi connectivity index (χ0v) is 10.1. The van der Waals surface area contributed by atoms with Crippen molar-refractivity contribution >= 4 is 22.6 Å². The second kappa shape index (κ2) is 6.37. The molecule has 0 saturated heterocycles. The van der Waals surface area contributed by atoms with Gasteiger partial charge in [-0.25, -0.2) is 0 Å². The predicted octanol–water partition coefficient (Wildman–Crippen LogP) is 1.97. The van der Waals surface area contributed by atoms with Gasteiger partial charge in [0.25, 0.3) is 0 Å². The average Bonchev–Trinajstić information content (AvgIpc) is 2.18. The topological polar surface area (TPSA) is 40.5 Å². The van der Waals surface area contributed by atoms with Crippen LogP contribution in [0.3, 0.4) is 0 Å². The molecule has 0 fully saturated rings. The molecule has 1 rings (SSSR count). The fourth-order valence-electron chi connectivity index (χ4n) is 1.32. The summed E-state index contributed by atoms with van der Waals surface area (Å²) in [5.41, 5.74) is 1.15. The van der Waals surface area contributed by atoms with Gasteiger partial charge in [-0.15, -0.1) is 0 Å². The van der Waals surface area contributed by atoms with Gasteiger partial charge in [0.2, 0.25) is 0 Å². The lowest BCUT2D eigenvalue weighted by atomic mass is 10.0. The highest BCUT2D eigenvalue weighted by molar-refractivity contribution is 14.1. The van der Waals surface area contributed by atoms with Gasteiger partial charge in [0.05, 0.1) is 6.10 Å². The van der Waals surface area contributed by atoms with Crippen LogP contribution in [0.4, 0.5) is 0 Å². The third-order valence-electron chi connectivity index (χ3n) is 2.08. The highest BCUT2D eigenvalue weighted by atomic mass is 127. The quantitative estimate of drug-likeness (QED) is 0.817. The van der Waals surface area contributed by atoms with E-state index in [-0.39, 0.29) is 12.7 Å². The maximum Gasteiger partial charge on any atom is 0.0581 e. The van der Waals surface area contributed by atoms with Crippen LogP contribution in [0.2, 0.25) is 0 Å². The van der Waals surface area contributed by atoms with E-state index in [1.807, 2.05) is 24.3 Å². The number of aliphatic hydroxyl groups excluding tert-OH is 2. The van der Waals surface area contributed by atoms with Crippen LogP contribution in [0.5, 0.6) is 0 Å². The summed E-state index contributed by atoms with van der Waals surface area (Å²) >= 11 is 2.26. The van der Waals surface area contributed by atoms with Crippen molar-refractivity contribution in [2.24, 2.45) is 0 Å². The van der Waals surface area contributed by atoms with Crippen molar-refractivity contribution in [3.05, 3.63) is 33.4 Å². The summed E-state index contributed by atoms with van der Waals surface area (Å²) in [6.07, 6.45) is 1.69. The van der Waals surface area contributed by atoms with Crippen molar-refractivity contribution in [3.63, 3.8) is 0 Å². The van der Waals surface area contributed by atoms with Gasteiger partial charge in [-0.2, -0.15) is 0 Å². The highest BCUT2D eigenvalue weighted by Crippen LogP contribution is 2.10. The van der Waals surface area contributed by atoms with Gasteiger partial charge in [-0.05, 0) is 59.5 Å². The zero-order valence-electron chi connectivity index (χ0n) is 7.99. The fourth-order valence-corrected chi connectivity index (χ4v) is 1.68. The third kappa shape index (κ3) is 4.39. The van der Waals surface area contributed by atoms with Crippen LogP contribution in [0.15, 0.2) is 24.3 Å². The van der Waals surface area contributed by atoms with Gasteiger partial charge in [-0.1, -0.05) is 12.1 Å². The van der Waals surface area contributed by atoms with Crippen LogP contribution in [0, 0.1) is 3.57 Å². The van der Waals surface area contributed by atoms with E-state index in [0.717, 1.165) is 5.56 Å². The molecule has 0 aliphatic carbocycles. The molecular weight excluding hydrogens is 291 g/mol. The Hall–Kier alpha value is -0.130. The Morgan fingerprint density at radius 2 is 1.86 bits per heavy atom. The van der Waals surface area contributed by atoms with Gasteiger partial charge in [-0.3, -0.25) is 0 Å². The summed E-state index contributed by atoms with van der Waals surface area (Å²) in [6.45, 7) is 0.156. The smallest absolute Gasteiger partial charge is 0.0581 e. The van der Waals surface area contributed by atoms with Crippen molar-refractivity contribution in [2.75, 3.05) is 6.61 Å². The molecule has 0 amide bonds. The van der Waals surface area contributed by atoms with E-state index < -0.39 is 0 Å². The summed E-state index contributed by atoms with van der Waals surface area (Å²) in [4.78, 5) is 0. The lowest BCUT2D eigenvalue weighted by molar-refractivity contribution is 0.150. The zero-order chi connectivity index (χ0) is 10.4. The second-order valence-corrected chi connectivity index (χ2v) is 4.60. The number of halogens is 1. The van der Waals surface area contributed by atoms with Crippen LogP contribution in [-0.2, 0) is 6.42 Å². The first-order valence-electron chi connectivity index (χ1n) is 4.75. The maximum absolute atomic E-state index is 9.59. The maximum atomic E-state index is 9.59. The first-order chi connectivity index (χ1) is 6.72. The molecule has 1 aromatic carbocycles. The molecule has 0 aliphatic rings. The third-order valence-corrected chi connectivity index (χ3v) is 2.80. The molecule has 0 spiro atoms. The molecule has 0 radical (unpaired) electrons. The number of benzene rings is 1. The predicted molar refractivity (Wildman–Crippen MR) is 65.2 cm³/mol. The standard InChI is InChI=1S/C11H15IO2/c12-10-5-3-9(4-6-10)8-11(14)2-1-7-13/h3-6,11,13-14H,1-2,7-8H2. The Labute approximate surface area is 98.1 Å². The molecule has 0 aliphatic heterocycles. The van der Waals surface area contributed by atoms with Crippen molar-refractivity contribution in [1.29, 1.82) is 0 Å². The Bertz CT molecular complexity index is 258. The normalized spacial score (nSPS) is 12.8. The first kappa shape index (κ1) is 11.9. The number of hydrogen-bond donors (Lipinski definition) is 2. The largest absolute Gasteiger partial charge is 0.396 e. The van der Waals surface area contributed by atoms with E-state index in [0.29, 0.717) is 19.3 Å². The van der Waals surface area contributed by atoms with Crippen molar-refractivity contribution in [3.8, 4) is 0 Å². The minimum atomic E-state index is -0.331. The van der Waals surface area contributed by atoms with Gasteiger partial charge in [0.15, 0.2) is 0 Å². The second-order valence-electron chi connectivity index (χ2n) is 3.35. The number of aliphatic hydroxyl groups is 2. The lowest BCUT2D eigenvalue weighted by Gasteiger charge is -2.09. The molecule has 0 saturated carbocycles. The van der Waals surface area contributed by atoms with Crippen molar-refractivity contribution < 1.29 is 10.2 Å². The van der Waals surface area contributed by atoms with Gasteiger partial charge in [0.1, 0.15) is 0 Å². The summed E-state index contributed by atoms with van der Waals surface area (Å²) < 4.78 is 1.20. The minimum Gasteiger partial charge on any atom is -0.396 e. The SMILES string of the molecule is OCCCC(O)Cc1ccc(I)cc1. The summed E-state index contributed by atoms with van der Waals surface area (Å²) in [7, 11) is 0. The Morgan fingerprint density at radius 1 is 1.21 bits per heavy atom. The van der Waals surface area contributed by atoms with Crippen LogP contribution >= 0.6 is 22.6 Å². The van der Waals surface area contributed by atoms with E-state index in [4.69, 9.17) is 5.11 Å². The molecule has 2 N–H and O–H groups in total. The Balaban J connectivity index is 2.39. The van der Waals surface area contributed by atoms with E-state index in [1.165, 1.54) is 3.57 Å². The molecule has 0 heterocycles. The van der Waals surface area contributed by atoms with E-state index >= 15 is 0 Å². The van der Waals surface area contributed by atoms with Crippen LogP contribution in [-0.4, -0.2) is 22.9 Å². The molecule has 78 valence electrons.